The first-order valence-electron chi connectivity index (χ1n) is 4.45. The van der Waals surface area contributed by atoms with Gasteiger partial charge in [0.1, 0.15) is 5.82 Å². The summed E-state index contributed by atoms with van der Waals surface area (Å²) in [4.78, 5) is 10.5. The molecule has 1 aromatic rings. The number of rotatable bonds is 3. The molecule has 0 fully saturated rings. The Bertz CT molecular complexity index is 390. The predicted octanol–water partition coefficient (Wildman–Crippen LogP) is 2.63. The molecule has 2 nitrogen and oxygen atoms in total. The van der Waals surface area contributed by atoms with Gasteiger partial charge in [0.05, 0.1) is 0 Å². The van der Waals surface area contributed by atoms with Gasteiger partial charge in [-0.3, -0.25) is 4.79 Å². The Balaban J connectivity index is 2.63. The molecule has 80 valence electrons. The second-order valence-electron chi connectivity index (χ2n) is 3.01. The molecule has 0 atom stereocenters. The second-order valence-corrected chi connectivity index (χ2v) is 3.41. The minimum absolute atomic E-state index is 0.106. The minimum Gasteiger partial charge on any atom is -0.353 e. The van der Waals surface area contributed by atoms with Crippen LogP contribution in [0.3, 0.4) is 0 Å². The molecular weight excluding hydrogens is 217 g/mol. The van der Waals surface area contributed by atoms with Crippen molar-refractivity contribution in [2.24, 2.45) is 0 Å². The van der Waals surface area contributed by atoms with Crippen molar-refractivity contribution in [3.05, 3.63) is 40.7 Å². The first kappa shape index (κ1) is 11.7. The van der Waals surface area contributed by atoms with Crippen molar-refractivity contribution < 1.29 is 9.18 Å². The van der Waals surface area contributed by atoms with Gasteiger partial charge in [0.25, 0.3) is 0 Å². The average molecular weight is 228 g/mol. The van der Waals surface area contributed by atoms with E-state index >= 15 is 0 Å². The predicted molar refractivity (Wildman–Crippen MR) is 59.1 cm³/mol. The number of hydrogen-bond donors (Lipinski definition) is 1. The maximum atomic E-state index is 12.8. The monoisotopic (exact) mass is 227 g/mol. The van der Waals surface area contributed by atoms with Crippen LogP contribution in [0.5, 0.6) is 0 Å². The number of carbonyl (C=O) groups excluding carboxylic acids is 1. The van der Waals surface area contributed by atoms with Crippen LogP contribution >= 0.6 is 11.6 Å². The lowest BCUT2D eigenvalue weighted by Crippen LogP contribution is -2.19. The van der Waals surface area contributed by atoms with Crippen molar-refractivity contribution in [2.75, 3.05) is 6.54 Å². The lowest BCUT2D eigenvalue weighted by molar-refractivity contribution is -0.118. The first-order chi connectivity index (χ1) is 7.09. The van der Waals surface area contributed by atoms with Crippen molar-refractivity contribution in [1.82, 2.24) is 5.32 Å². The number of nitrogens with one attached hydrogen (secondary N) is 1. The highest BCUT2D eigenvalue weighted by Gasteiger charge is 1.97. The van der Waals surface area contributed by atoms with Crippen LogP contribution < -0.4 is 5.32 Å². The summed E-state index contributed by atoms with van der Waals surface area (Å²) in [6.45, 7) is 1.84. The Labute approximate surface area is 92.7 Å². The number of hydrogen-bond acceptors (Lipinski definition) is 1. The maximum absolute atomic E-state index is 12.8. The summed E-state index contributed by atoms with van der Waals surface area (Å²) in [6.07, 6.45) is 3.38. The molecule has 4 heteroatoms. The van der Waals surface area contributed by atoms with Crippen LogP contribution in [0, 0.1) is 5.82 Å². The lowest BCUT2D eigenvalue weighted by Gasteiger charge is -1.98. The smallest absolute Gasteiger partial charge is 0.217 e. The normalized spacial score (nSPS) is 10.6. The van der Waals surface area contributed by atoms with E-state index in [1.54, 1.807) is 12.2 Å². The fourth-order valence-corrected chi connectivity index (χ4v) is 1.21. The third-order valence-corrected chi connectivity index (χ3v) is 2.07. The fraction of sp³-hybridized carbons (Fsp3) is 0.182. The van der Waals surface area contributed by atoms with Gasteiger partial charge in [-0.2, -0.15) is 0 Å². The molecule has 0 spiro atoms. The van der Waals surface area contributed by atoms with Crippen LogP contribution in [0.4, 0.5) is 4.39 Å². The molecule has 1 amide bonds. The zero-order chi connectivity index (χ0) is 11.3. The summed E-state index contributed by atoms with van der Waals surface area (Å²) in [6, 6.07) is 4.13. The van der Waals surface area contributed by atoms with Crippen molar-refractivity contribution in [3.8, 4) is 0 Å². The summed E-state index contributed by atoms with van der Waals surface area (Å²) in [5.74, 6) is -0.441. The molecular formula is C11H11ClFNO. The van der Waals surface area contributed by atoms with Crippen LogP contribution in [-0.2, 0) is 4.79 Å². The Morgan fingerprint density at radius 2 is 2.33 bits per heavy atom. The van der Waals surface area contributed by atoms with E-state index in [9.17, 15) is 9.18 Å². The van der Waals surface area contributed by atoms with E-state index < -0.39 is 0 Å². The topological polar surface area (TPSA) is 29.1 Å². The average Bonchev–Trinajstić information content (AvgIpc) is 2.17. The van der Waals surface area contributed by atoms with Gasteiger partial charge < -0.3 is 5.32 Å². The zero-order valence-corrected chi connectivity index (χ0v) is 9.01. The van der Waals surface area contributed by atoms with E-state index in [2.05, 4.69) is 5.32 Å². The van der Waals surface area contributed by atoms with Crippen LogP contribution in [0.25, 0.3) is 6.08 Å². The molecule has 0 bridgehead atoms. The molecule has 0 aliphatic carbocycles. The lowest BCUT2D eigenvalue weighted by atomic mass is 10.2. The maximum Gasteiger partial charge on any atom is 0.217 e. The molecule has 0 aliphatic heterocycles. The van der Waals surface area contributed by atoms with Gasteiger partial charge >= 0.3 is 0 Å². The summed E-state index contributed by atoms with van der Waals surface area (Å²) in [5.41, 5.74) is 0.599. The van der Waals surface area contributed by atoms with Gasteiger partial charge in [-0.05, 0) is 23.8 Å². The van der Waals surface area contributed by atoms with Crippen molar-refractivity contribution in [1.29, 1.82) is 0 Å². The van der Waals surface area contributed by atoms with E-state index in [1.165, 1.54) is 25.1 Å². The van der Waals surface area contributed by atoms with Gasteiger partial charge in [0, 0.05) is 18.5 Å². The van der Waals surface area contributed by atoms with Crippen LogP contribution in [-0.4, -0.2) is 12.5 Å². The van der Waals surface area contributed by atoms with E-state index in [0.29, 0.717) is 17.1 Å². The van der Waals surface area contributed by atoms with Crippen molar-refractivity contribution in [3.63, 3.8) is 0 Å². The third kappa shape index (κ3) is 4.13. The van der Waals surface area contributed by atoms with Gasteiger partial charge in [-0.15, -0.1) is 0 Å². The molecule has 1 aromatic carbocycles. The largest absolute Gasteiger partial charge is 0.353 e. The summed E-state index contributed by atoms with van der Waals surface area (Å²) < 4.78 is 12.8. The SMILES string of the molecule is CC(=O)NCC=Cc1cc(F)ccc1Cl. The number of benzene rings is 1. The number of amides is 1. The van der Waals surface area contributed by atoms with E-state index in [-0.39, 0.29) is 11.7 Å². The van der Waals surface area contributed by atoms with Gasteiger partial charge in [-0.1, -0.05) is 23.8 Å². The third-order valence-electron chi connectivity index (χ3n) is 1.72. The summed E-state index contributed by atoms with van der Waals surface area (Å²) in [7, 11) is 0. The first-order valence-corrected chi connectivity index (χ1v) is 4.83. The Kier molecular flexibility index (Phi) is 4.31. The van der Waals surface area contributed by atoms with Crippen LogP contribution in [0.2, 0.25) is 5.02 Å². The van der Waals surface area contributed by atoms with E-state index in [1.807, 2.05) is 0 Å². The van der Waals surface area contributed by atoms with Crippen molar-refractivity contribution in [2.45, 2.75) is 6.92 Å². The van der Waals surface area contributed by atoms with Crippen LogP contribution in [0.15, 0.2) is 24.3 Å². The Morgan fingerprint density at radius 1 is 1.60 bits per heavy atom. The molecule has 0 saturated carbocycles. The summed E-state index contributed by atoms with van der Waals surface area (Å²) >= 11 is 5.83. The van der Waals surface area contributed by atoms with Gasteiger partial charge in [-0.25, -0.2) is 4.39 Å². The molecule has 0 saturated heterocycles. The number of carbonyl (C=O) groups is 1. The quantitative estimate of drug-likeness (QED) is 0.845. The standard InChI is InChI=1S/C11H11ClFNO/c1-8(15)14-6-2-3-9-7-10(13)4-5-11(9)12/h2-5,7H,6H2,1H3,(H,14,15). The highest BCUT2D eigenvalue weighted by Crippen LogP contribution is 2.18. The van der Waals surface area contributed by atoms with Crippen LogP contribution in [0.1, 0.15) is 12.5 Å². The molecule has 1 N–H and O–H groups in total. The van der Waals surface area contributed by atoms with Gasteiger partial charge in [0.15, 0.2) is 0 Å². The second kappa shape index (κ2) is 5.51. The van der Waals surface area contributed by atoms with E-state index in [0.717, 1.165) is 0 Å². The molecule has 0 aliphatic rings. The Morgan fingerprint density at radius 3 is 3.00 bits per heavy atom. The highest BCUT2D eigenvalue weighted by atomic mass is 35.5. The Hall–Kier alpha value is -1.35. The number of halogens is 2. The molecule has 15 heavy (non-hydrogen) atoms. The molecule has 1 rings (SSSR count). The van der Waals surface area contributed by atoms with Gasteiger partial charge in [0.2, 0.25) is 5.91 Å². The molecule has 0 heterocycles. The van der Waals surface area contributed by atoms with Crippen molar-refractivity contribution >= 4 is 23.6 Å². The highest BCUT2D eigenvalue weighted by molar-refractivity contribution is 6.32. The van der Waals surface area contributed by atoms with E-state index in [4.69, 9.17) is 11.6 Å². The fourth-order valence-electron chi connectivity index (χ4n) is 1.03. The molecule has 0 aromatic heterocycles. The summed E-state index contributed by atoms with van der Waals surface area (Å²) in [5, 5.41) is 3.07. The zero-order valence-electron chi connectivity index (χ0n) is 8.26. The molecule has 0 unspecified atom stereocenters. The minimum atomic E-state index is -0.335. The molecule has 0 radical (unpaired) electrons.